The van der Waals surface area contributed by atoms with Crippen LogP contribution in [0.3, 0.4) is 0 Å². The Balaban J connectivity index is 1.48. The number of nitrogens with one attached hydrogen (secondary N) is 1. The molecule has 2 aliphatic heterocycles. The van der Waals surface area contributed by atoms with E-state index in [4.69, 9.17) is 9.84 Å². The van der Waals surface area contributed by atoms with Crippen molar-refractivity contribution in [3.05, 3.63) is 40.1 Å². The molecule has 2 fully saturated rings. The Morgan fingerprint density at radius 2 is 1.82 bits per heavy atom. The molecule has 10 nitrogen and oxygen atoms in total. The number of hydrogen-bond acceptors (Lipinski definition) is 7. The number of aromatic nitrogens is 4. The average molecular weight is 543 g/mol. The zero-order valence-corrected chi connectivity index (χ0v) is 23.4. The predicted octanol–water partition coefficient (Wildman–Crippen LogP) is 3.38. The van der Waals surface area contributed by atoms with Crippen LogP contribution in [0.2, 0.25) is 0 Å². The molecule has 11 heteroatoms. The molecule has 0 spiro atoms. The first kappa shape index (κ1) is 26.8. The number of sulfonamides is 1. The highest BCUT2D eigenvalue weighted by atomic mass is 32.2. The third kappa shape index (κ3) is 5.11. The van der Waals surface area contributed by atoms with Gasteiger partial charge in [0.1, 0.15) is 11.6 Å². The molecule has 1 aromatic carbocycles. The summed E-state index contributed by atoms with van der Waals surface area (Å²) in [6, 6.07) is 5.27. The molecular formula is C27H38N6O4S. The van der Waals surface area contributed by atoms with Crippen LogP contribution in [-0.4, -0.2) is 76.0 Å². The van der Waals surface area contributed by atoms with Gasteiger partial charge in [0, 0.05) is 25.6 Å². The summed E-state index contributed by atoms with van der Waals surface area (Å²) in [7, 11) is -3.72. The molecule has 3 aromatic rings. The summed E-state index contributed by atoms with van der Waals surface area (Å²) >= 11 is 0. The predicted molar refractivity (Wildman–Crippen MR) is 146 cm³/mol. The Hall–Kier alpha value is -2.76. The monoisotopic (exact) mass is 542 g/mol. The Morgan fingerprint density at radius 3 is 2.50 bits per heavy atom. The van der Waals surface area contributed by atoms with E-state index in [-0.39, 0.29) is 16.3 Å². The van der Waals surface area contributed by atoms with Gasteiger partial charge in [-0.25, -0.2) is 17.9 Å². The fourth-order valence-electron chi connectivity index (χ4n) is 5.76. The van der Waals surface area contributed by atoms with Crippen LogP contribution in [0.4, 0.5) is 0 Å². The number of imidazole rings is 1. The van der Waals surface area contributed by atoms with Crippen LogP contribution in [0.1, 0.15) is 63.9 Å². The third-order valence-electron chi connectivity index (χ3n) is 7.69. The molecule has 1 N–H and O–H groups in total. The van der Waals surface area contributed by atoms with Crippen LogP contribution in [-0.2, 0) is 16.4 Å². The smallest absolute Gasteiger partial charge is 0.277 e. The first-order valence-corrected chi connectivity index (χ1v) is 15.3. The van der Waals surface area contributed by atoms with Crippen molar-refractivity contribution in [2.75, 3.05) is 32.8 Å². The fraction of sp³-hybridized carbons (Fsp3) is 0.593. The van der Waals surface area contributed by atoms with Crippen molar-refractivity contribution in [1.29, 1.82) is 0 Å². The number of nitrogens with zero attached hydrogens (tertiary/aromatic N) is 5. The Bertz CT molecular complexity index is 1450. The molecule has 0 aliphatic carbocycles. The lowest BCUT2D eigenvalue weighted by Gasteiger charge is -2.39. The molecule has 206 valence electrons. The van der Waals surface area contributed by atoms with Gasteiger partial charge in [0.05, 0.1) is 22.8 Å². The van der Waals surface area contributed by atoms with Crippen LogP contribution in [0, 0.1) is 6.92 Å². The second-order valence-electron chi connectivity index (χ2n) is 10.2. The Labute approximate surface area is 224 Å². The SMILES string of the molecule is CCCc1nc(C)c2c(=O)[nH]c(-c3cc(S(=O)(=O)N4CCC(N5CCCCC5)CC4)ccc3OCC)nn12. The molecule has 2 aromatic heterocycles. The van der Waals surface area contributed by atoms with Gasteiger partial charge in [-0.1, -0.05) is 13.3 Å². The van der Waals surface area contributed by atoms with E-state index in [2.05, 4.69) is 14.9 Å². The zero-order chi connectivity index (χ0) is 26.9. The van der Waals surface area contributed by atoms with E-state index < -0.39 is 10.0 Å². The first-order valence-electron chi connectivity index (χ1n) is 13.8. The molecule has 5 rings (SSSR count). The van der Waals surface area contributed by atoms with Crippen LogP contribution in [0.15, 0.2) is 27.9 Å². The minimum atomic E-state index is -3.72. The largest absolute Gasteiger partial charge is 0.493 e. The normalized spacial score (nSPS) is 18.3. The highest BCUT2D eigenvalue weighted by Gasteiger charge is 2.32. The summed E-state index contributed by atoms with van der Waals surface area (Å²) in [4.78, 5) is 23.1. The summed E-state index contributed by atoms with van der Waals surface area (Å²) in [5.41, 5.74) is 1.13. The lowest BCUT2D eigenvalue weighted by Crippen LogP contribution is -2.48. The summed E-state index contributed by atoms with van der Waals surface area (Å²) in [5, 5.41) is 4.69. The highest BCUT2D eigenvalue weighted by Crippen LogP contribution is 2.32. The number of aryl methyl sites for hydroxylation is 2. The number of piperidine rings is 2. The number of benzene rings is 1. The highest BCUT2D eigenvalue weighted by molar-refractivity contribution is 7.89. The molecular weight excluding hydrogens is 504 g/mol. The van der Waals surface area contributed by atoms with Gasteiger partial charge >= 0.3 is 0 Å². The lowest BCUT2D eigenvalue weighted by atomic mass is 10.0. The zero-order valence-electron chi connectivity index (χ0n) is 22.6. The van der Waals surface area contributed by atoms with Crippen molar-refractivity contribution in [2.45, 2.75) is 76.7 Å². The molecule has 0 amide bonds. The maximum absolute atomic E-state index is 13.7. The summed E-state index contributed by atoms with van der Waals surface area (Å²) in [6.45, 7) is 9.32. The van der Waals surface area contributed by atoms with Crippen LogP contribution in [0.25, 0.3) is 16.9 Å². The Morgan fingerprint density at radius 1 is 1.08 bits per heavy atom. The van der Waals surface area contributed by atoms with Gasteiger partial charge in [0.25, 0.3) is 5.56 Å². The molecule has 0 unspecified atom stereocenters. The van der Waals surface area contributed by atoms with E-state index in [1.54, 1.807) is 33.9 Å². The van der Waals surface area contributed by atoms with Gasteiger partial charge in [-0.05, 0) is 77.2 Å². The summed E-state index contributed by atoms with van der Waals surface area (Å²) in [5.74, 6) is 1.42. The minimum Gasteiger partial charge on any atom is -0.493 e. The number of hydrogen-bond donors (Lipinski definition) is 1. The van der Waals surface area contributed by atoms with Gasteiger partial charge < -0.3 is 14.6 Å². The van der Waals surface area contributed by atoms with E-state index in [9.17, 15) is 13.2 Å². The summed E-state index contributed by atoms with van der Waals surface area (Å²) in [6.07, 6.45) is 6.96. The molecule has 4 heterocycles. The molecule has 0 bridgehead atoms. The molecule has 0 atom stereocenters. The van der Waals surface area contributed by atoms with Crippen LogP contribution < -0.4 is 10.3 Å². The van der Waals surface area contributed by atoms with Crippen molar-refractivity contribution in [3.8, 4) is 17.1 Å². The van der Waals surface area contributed by atoms with E-state index >= 15 is 0 Å². The number of rotatable bonds is 8. The van der Waals surface area contributed by atoms with Gasteiger partial charge in [0.2, 0.25) is 10.0 Å². The van der Waals surface area contributed by atoms with E-state index in [0.717, 1.165) is 32.4 Å². The lowest BCUT2D eigenvalue weighted by molar-refractivity contribution is 0.118. The van der Waals surface area contributed by atoms with Crippen molar-refractivity contribution in [3.63, 3.8) is 0 Å². The number of H-pyrrole nitrogens is 1. The van der Waals surface area contributed by atoms with Crippen molar-refractivity contribution in [2.24, 2.45) is 0 Å². The van der Waals surface area contributed by atoms with Gasteiger partial charge in [0.15, 0.2) is 11.3 Å². The number of likely N-dealkylation sites (tertiary alicyclic amines) is 1. The van der Waals surface area contributed by atoms with Crippen molar-refractivity contribution < 1.29 is 13.2 Å². The van der Waals surface area contributed by atoms with E-state index in [0.29, 0.717) is 60.5 Å². The molecule has 38 heavy (non-hydrogen) atoms. The first-order chi connectivity index (χ1) is 18.3. The quantitative estimate of drug-likeness (QED) is 0.464. The Kier molecular flexibility index (Phi) is 7.88. The van der Waals surface area contributed by atoms with Crippen molar-refractivity contribution >= 4 is 15.5 Å². The minimum absolute atomic E-state index is 0.172. The third-order valence-corrected chi connectivity index (χ3v) is 9.59. The standard InChI is InChI=1S/C27H38N6O4S/c1-4-9-24-28-19(3)25-27(34)29-26(30-33(24)25)22-18-21(10-11-23(22)37-5-2)38(35,36)32-16-12-20(13-17-32)31-14-7-6-8-15-31/h10-11,18,20H,4-9,12-17H2,1-3H3,(H,29,30,34). The molecule has 2 aliphatic rings. The number of aromatic amines is 1. The number of ether oxygens (including phenoxy) is 1. The molecule has 2 saturated heterocycles. The maximum Gasteiger partial charge on any atom is 0.277 e. The molecule has 0 saturated carbocycles. The van der Waals surface area contributed by atoms with Crippen LogP contribution >= 0.6 is 0 Å². The van der Waals surface area contributed by atoms with Crippen LogP contribution in [0.5, 0.6) is 5.75 Å². The second kappa shape index (κ2) is 11.2. The maximum atomic E-state index is 13.7. The van der Waals surface area contributed by atoms with Crippen molar-refractivity contribution in [1.82, 2.24) is 28.8 Å². The van der Waals surface area contributed by atoms with E-state index in [1.807, 2.05) is 13.8 Å². The van der Waals surface area contributed by atoms with Gasteiger partial charge in [-0.15, -0.1) is 5.10 Å². The fourth-order valence-corrected chi connectivity index (χ4v) is 7.26. The summed E-state index contributed by atoms with van der Waals surface area (Å²) < 4.78 is 36.4. The van der Waals surface area contributed by atoms with Gasteiger partial charge in [-0.2, -0.15) is 4.31 Å². The number of fused-ring (bicyclic) bond motifs is 1. The van der Waals surface area contributed by atoms with Gasteiger partial charge in [-0.3, -0.25) is 4.79 Å². The second-order valence-corrected chi connectivity index (χ2v) is 12.2. The average Bonchev–Trinajstić information content (AvgIpc) is 3.25. The van der Waals surface area contributed by atoms with E-state index in [1.165, 1.54) is 19.3 Å². The topological polar surface area (TPSA) is 113 Å². The molecule has 0 radical (unpaired) electrons.